The molecule has 0 spiro atoms. The van der Waals surface area contributed by atoms with Gasteiger partial charge < -0.3 is 24.8 Å². The third-order valence-electron chi connectivity index (χ3n) is 3.31. The molecule has 7 nitrogen and oxygen atoms in total. The number of rotatable bonds is 7. The Bertz CT molecular complexity index is 330. The molecule has 0 bridgehead atoms. The number of ketones is 1. The lowest BCUT2D eigenvalue weighted by atomic mass is 10.0. The Morgan fingerprint density at radius 3 is 2.53 bits per heavy atom. The Kier molecular flexibility index (Phi) is 5.86. The molecule has 0 aromatic rings. The van der Waals surface area contributed by atoms with Crippen molar-refractivity contribution < 1.29 is 34.4 Å². The van der Waals surface area contributed by atoms with Crippen LogP contribution in [0.15, 0.2) is 0 Å². The molecule has 7 heteroatoms. The van der Waals surface area contributed by atoms with Crippen LogP contribution in [0.1, 0.15) is 20.3 Å². The number of carbonyl (C=O) groups is 2. The third-order valence-corrected chi connectivity index (χ3v) is 3.31. The average Bonchev–Trinajstić information content (AvgIpc) is 2.70. The molecule has 1 saturated heterocycles. The summed E-state index contributed by atoms with van der Waals surface area (Å²) < 4.78 is 9.84. The van der Waals surface area contributed by atoms with Gasteiger partial charge in [-0.15, -0.1) is 0 Å². The normalized spacial score (nSPS) is 28.1. The van der Waals surface area contributed by atoms with Gasteiger partial charge in [0.15, 0.2) is 12.2 Å². The molecule has 5 atom stereocenters. The van der Waals surface area contributed by atoms with E-state index in [1.807, 2.05) is 13.8 Å². The molecule has 0 aromatic heterocycles. The van der Waals surface area contributed by atoms with Gasteiger partial charge in [0, 0.05) is 0 Å². The van der Waals surface area contributed by atoms with Crippen LogP contribution in [-0.2, 0) is 19.1 Å². The van der Waals surface area contributed by atoms with Crippen LogP contribution < -0.4 is 0 Å². The largest absolute Gasteiger partial charge is 0.450 e. The highest BCUT2D eigenvalue weighted by Gasteiger charge is 2.48. The second kappa shape index (κ2) is 6.95. The first kappa shape index (κ1) is 16.0. The standard InChI is InChI=1S/C12H20O7/c1-3-6(2)8(15)5-18-11-9(16)12(17)19-10(11)7(14)4-13/h6-8,10-11,13-15H,3-5H2,1-2H3/t6?,7-,8?,10-,11?/m1/s1. The van der Waals surface area contributed by atoms with Crippen molar-refractivity contribution in [1.82, 2.24) is 0 Å². The van der Waals surface area contributed by atoms with Gasteiger partial charge in [0.25, 0.3) is 5.78 Å². The average molecular weight is 276 g/mol. The van der Waals surface area contributed by atoms with E-state index in [1.54, 1.807) is 0 Å². The Morgan fingerprint density at radius 1 is 1.37 bits per heavy atom. The first-order chi connectivity index (χ1) is 8.92. The summed E-state index contributed by atoms with van der Waals surface area (Å²) in [6.07, 6.45) is -3.94. The molecular weight excluding hydrogens is 256 g/mol. The van der Waals surface area contributed by atoms with Crippen LogP contribution >= 0.6 is 0 Å². The Morgan fingerprint density at radius 2 is 2.00 bits per heavy atom. The SMILES string of the molecule is CCC(C)C(O)COC1C(=O)C(=O)O[C@@H]1[C@H](O)CO. The van der Waals surface area contributed by atoms with Gasteiger partial charge in [-0.2, -0.15) is 0 Å². The number of hydrogen-bond acceptors (Lipinski definition) is 7. The van der Waals surface area contributed by atoms with Crippen molar-refractivity contribution in [3.8, 4) is 0 Å². The lowest BCUT2D eigenvalue weighted by Gasteiger charge is -2.23. The lowest BCUT2D eigenvalue weighted by Crippen LogP contribution is -2.42. The number of aliphatic hydroxyl groups is 3. The molecule has 1 aliphatic rings. The molecular formula is C12H20O7. The molecule has 1 heterocycles. The van der Waals surface area contributed by atoms with Gasteiger partial charge in [0.2, 0.25) is 0 Å². The summed E-state index contributed by atoms with van der Waals surface area (Å²) in [5.74, 6) is -2.02. The van der Waals surface area contributed by atoms with E-state index in [0.29, 0.717) is 0 Å². The van der Waals surface area contributed by atoms with Crippen molar-refractivity contribution in [1.29, 1.82) is 0 Å². The first-order valence-corrected chi connectivity index (χ1v) is 6.25. The summed E-state index contributed by atoms with van der Waals surface area (Å²) in [6.45, 7) is 2.93. The zero-order valence-electron chi connectivity index (χ0n) is 11.0. The maximum Gasteiger partial charge on any atom is 0.378 e. The second-order valence-corrected chi connectivity index (χ2v) is 4.69. The lowest BCUT2D eigenvalue weighted by molar-refractivity contribution is -0.152. The van der Waals surface area contributed by atoms with E-state index in [9.17, 15) is 19.8 Å². The zero-order chi connectivity index (χ0) is 14.6. The predicted octanol–water partition coefficient (Wildman–Crippen LogP) is -1.37. The Balaban J connectivity index is 2.62. The quantitative estimate of drug-likeness (QED) is 0.388. The smallest absolute Gasteiger partial charge is 0.378 e. The van der Waals surface area contributed by atoms with E-state index in [2.05, 4.69) is 4.74 Å². The van der Waals surface area contributed by atoms with Crippen molar-refractivity contribution in [3.63, 3.8) is 0 Å². The van der Waals surface area contributed by atoms with Crippen LogP contribution in [0.2, 0.25) is 0 Å². The summed E-state index contributed by atoms with van der Waals surface area (Å²) in [5, 5.41) is 28.0. The van der Waals surface area contributed by atoms with E-state index < -0.39 is 42.8 Å². The van der Waals surface area contributed by atoms with Gasteiger partial charge in [-0.05, 0) is 5.92 Å². The molecule has 0 amide bonds. The van der Waals surface area contributed by atoms with Crippen molar-refractivity contribution >= 4 is 11.8 Å². The number of Topliss-reactive ketones (excluding diaryl/α,β-unsaturated/α-hetero) is 1. The van der Waals surface area contributed by atoms with Crippen LogP contribution in [0.5, 0.6) is 0 Å². The number of aliphatic hydroxyl groups excluding tert-OH is 3. The fraction of sp³-hybridized carbons (Fsp3) is 0.833. The minimum Gasteiger partial charge on any atom is -0.450 e. The van der Waals surface area contributed by atoms with Crippen molar-refractivity contribution in [3.05, 3.63) is 0 Å². The summed E-state index contributed by atoms with van der Waals surface area (Å²) in [5.41, 5.74) is 0. The van der Waals surface area contributed by atoms with Gasteiger partial charge >= 0.3 is 5.97 Å². The topological polar surface area (TPSA) is 113 Å². The highest BCUT2D eigenvalue weighted by molar-refractivity contribution is 6.37. The number of cyclic esters (lactones) is 1. The molecule has 0 aromatic carbocycles. The van der Waals surface area contributed by atoms with Crippen LogP contribution in [0.25, 0.3) is 0 Å². The van der Waals surface area contributed by atoms with Crippen LogP contribution in [0, 0.1) is 5.92 Å². The van der Waals surface area contributed by atoms with Crippen LogP contribution in [0.3, 0.4) is 0 Å². The molecule has 0 radical (unpaired) electrons. The summed E-state index contributed by atoms with van der Waals surface area (Å²) in [4.78, 5) is 22.7. The summed E-state index contributed by atoms with van der Waals surface area (Å²) in [6, 6.07) is 0. The molecule has 110 valence electrons. The van der Waals surface area contributed by atoms with E-state index in [4.69, 9.17) is 9.84 Å². The number of carbonyl (C=O) groups excluding carboxylic acids is 2. The number of hydrogen-bond donors (Lipinski definition) is 3. The number of esters is 1. The zero-order valence-corrected chi connectivity index (χ0v) is 11.0. The fourth-order valence-corrected chi connectivity index (χ4v) is 1.70. The van der Waals surface area contributed by atoms with Gasteiger partial charge in [-0.3, -0.25) is 4.79 Å². The van der Waals surface area contributed by atoms with Gasteiger partial charge in [-0.25, -0.2) is 4.79 Å². The van der Waals surface area contributed by atoms with E-state index in [0.717, 1.165) is 6.42 Å². The monoisotopic (exact) mass is 276 g/mol. The second-order valence-electron chi connectivity index (χ2n) is 4.69. The van der Waals surface area contributed by atoms with E-state index in [1.165, 1.54) is 0 Å². The Labute approximate surface area is 111 Å². The molecule has 3 unspecified atom stereocenters. The van der Waals surface area contributed by atoms with Gasteiger partial charge in [-0.1, -0.05) is 20.3 Å². The Hall–Kier alpha value is -1.02. The molecule has 3 N–H and O–H groups in total. The van der Waals surface area contributed by atoms with Crippen molar-refractivity contribution in [2.75, 3.05) is 13.2 Å². The van der Waals surface area contributed by atoms with Crippen LogP contribution in [0.4, 0.5) is 0 Å². The maximum absolute atomic E-state index is 11.5. The third kappa shape index (κ3) is 3.73. The number of ether oxygens (including phenoxy) is 2. The predicted molar refractivity (Wildman–Crippen MR) is 63.2 cm³/mol. The molecule has 1 fully saturated rings. The highest BCUT2D eigenvalue weighted by Crippen LogP contribution is 2.20. The molecule has 1 aliphatic heterocycles. The molecule has 1 rings (SSSR count). The minimum absolute atomic E-state index is 0.0191. The molecule has 0 saturated carbocycles. The summed E-state index contributed by atoms with van der Waals surface area (Å²) in [7, 11) is 0. The van der Waals surface area contributed by atoms with Crippen molar-refractivity contribution in [2.45, 2.75) is 44.7 Å². The molecule has 19 heavy (non-hydrogen) atoms. The fourth-order valence-electron chi connectivity index (χ4n) is 1.70. The first-order valence-electron chi connectivity index (χ1n) is 6.25. The minimum atomic E-state index is -1.39. The van der Waals surface area contributed by atoms with E-state index in [-0.39, 0.29) is 12.5 Å². The van der Waals surface area contributed by atoms with Crippen LogP contribution in [-0.4, -0.2) is 64.7 Å². The van der Waals surface area contributed by atoms with Gasteiger partial charge in [0.05, 0.1) is 19.3 Å². The van der Waals surface area contributed by atoms with E-state index >= 15 is 0 Å². The molecule has 0 aliphatic carbocycles. The highest BCUT2D eigenvalue weighted by atomic mass is 16.6. The maximum atomic E-state index is 11.5. The van der Waals surface area contributed by atoms with Gasteiger partial charge in [0.1, 0.15) is 6.10 Å². The summed E-state index contributed by atoms with van der Waals surface area (Å²) >= 11 is 0. The van der Waals surface area contributed by atoms with Crippen molar-refractivity contribution in [2.24, 2.45) is 5.92 Å².